The highest BCUT2D eigenvalue weighted by molar-refractivity contribution is 7.80. The van der Waals surface area contributed by atoms with Gasteiger partial charge in [-0.05, 0) is 19.1 Å². The number of rotatable bonds is 2. The third kappa shape index (κ3) is 2.32. The summed E-state index contributed by atoms with van der Waals surface area (Å²) in [5.74, 6) is -2.10. The number of aliphatic imine (C=N–C) groups is 1. The van der Waals surface area contributed by atoms with Gasteiger partial charge in [-0.2, -0.15) is 0 Å². The highest BCUT2D eigenvalue weighted by Gasteiger charge is 2.28. The second kappa shape index (κ2) is 3.61. The van der Waals surface area contributed by atoms with Crippen LogP contribution >= 0.6 is 12.2 Å². The van der Waals surface area contributed by atoms with Crippen LogP contribution in [0.4, 0.5) is 0 Å². The van der Waals surface area contributed by atoms with E-state index in [0.29, 0.717) is 5.71 Å². The van der Waals surface area contributed by atoms with Gasteiger partial charge in [0.2, 0.25) is 5.91 Å². The number of nitrogens with zero attached hydrogens (tertiary/aromatic N) is 1. The predicted molar refractivity (Wildman–Crippen MR) is 49.6 cm³/mol. The molecule has 0 fully saturated rings. The number of aliphatic carboxylic acids is 1. The maximum atomic E-state index is 11.2. The monoisotopic (exact) mass is 200 g/mol. The molecule has 0 spiro atoms. The van der Waals surface area contributed by atoms with E-state index in [-0.39, 0.29) is 17.4 Å². The molecule has 0 bridgehead atoms. The van der Waals surface area contributed by atoms with Gasteiger partial charge in [0.05, 0.1) is 12.3 Å². The van der Waals surface area contributed by atoms with E-state index < -0.39 is 11.9 Å². The van der Waals surface area contributed by atoms with Crippen molar-refractivity contribution in [3.63, 3.8) is 0 Å². The Kier molecular flexibility index (Phi) is 2.72. The molecule has 70 valence electrons. The van der Waals surface area contributed by atoms with Crippen molar-refractivity contribution in [3.05, 3.63) is 0 Å². The Morgan fingerprint density at radius 2 is 2.38 bits per heavy atom. The van der Waals surface area contributed by atoms with Crippen LogP contribution in [0.5, 0.6) is 0 Å². The Bertz CT molecular complexity index is 311. The second-order valence-corrected chi connectivity index (χ2v) is 3.08. The number of carboxylic acids is 1. The number of amides is 1. The van der Waals surface area contributed by atoms with Crippen LogP contribution < -0.4 is 5.32 Å². The van der Waals surface area contributed by atoms with Crippen molar-refractivity contribution in [2.75, 3.05) is 0 Å². The summed E-state index contributed by atoms with van der Waals surface area (Å²) in [6.45, 7) is 1.60. The number of thiocarbonyl (C=S) groups is 1. The number of carboxylic acid groups (broad SMARTS) is 1. The van der Waals surface area contributed by atoms with Gasteiger partial charge in [-0.3, -0.25) is 9.59 Å². The Morgan fingerprint density at radius 3 is 2.85 bits per heavy atom. The standard InChI is InChI=1S/C7H8N2O3S/c1-3-4(2-5(10)11)6(12)9-7(13)8-3/h4H,2H2,1H3,(H,10,11)(H,9,12,13)/t4-/m0/s1. The van der Waals surface area contributed by atoms with E-state index in [1.807, 2.05) is 0 Å². The zero-order chi connectivity index (χ0) is 10.0. The molecule has 6 heteroatoms. The third-order valence-electron chi connectivity index (χ3n) is 1.71. The summed E-state index contributed by atoms with van der Waals surface area (Å²) in [6.07, 6.45) is -0.246. The van der Waals surface area contributed by atoms with Crippen molar-refractivity contribution in [1.82, 2.24) is 5.32 Å². The van der Waals surface area contributed by atoms with Gasteiger partial charge in [0, 0.05) is 5.71 Å². The fourth-order valence-electron chi connectivity index (χ4n) is 1.06. The third-order valence-corrected chi connectivity index (χ3v) is 1.90. The molecule has 1 rings (SSSR count). The van der Waals surface area contributed by atoms with Crippen molar-refractivity contribution in [2.24, 2.45) is 10.9 Å². The van der Waals surface area contributed by atoms with E-state index in [1.165, 1.54) is 0 Å². The van der Waals surface area contributed by atoms with Gasteiger partial charge in [-0.15, -0.1) is 0 Å². The minimum absolute atomic E-state index is 0.101. The van der Waals surface area contributed by atoms with E-state index in [2.05, 4.69) is 22.5 Å². The lowest BCUT2D eigenvalue weighted by molar-refractivity contribution is -0.139. The van der Waals surface area contributed by atoms with Crippen LogP contribution in [0.2, 0.25) is 0 Å². The molecule has 0 aromatic heterocycles. The summed E-state index contributed by atoms with van der Waals surface area (Å²) in [4.78, 5) is 25.4. The van der Waals surface area contributed by atoms with Crippen LogP contribution in [0, 0.1) is 5.92 Å². The molecule has 1 aliphatic heterocycles. The first-order valence-electron chi connectivity index (χ1n) is 3.62. The zero-order valence-corrected chi connectivity index (χ0v) is 7.72. The topological polar surface area (TPSA) is 78.8 Å². The number of hydrogen-bond donors (Lipinski definition) is 2. The number of carbonyl (C=O) groups excluding carboxylic acids is 1. The molecule has 0 saturated carbocycles. The fourth-order valence-corrected chi connectivity index (χ4v) is 1.31. The van der Waals surface area contributed by atoms with Crippen LogP contribution in [-0.2, 0) is 9.59 Å². The highest BCUT2D eigenvalue weighted by atomic mass is 32.1. The van der Waals surface area contributed by atoms with Gasteiger partial charge in [-0.25, -0.2) is 4.99 Å². The predicted octanol–water partition coefficient (Wildman–Crippen LogP) is -0.0471. The second-order valence-electron chi connectivity index (χ2n) is 2.70. The lowest BCUT2D eigenvalue weighted by atomic mass is 9.98. The van der Waals surface area contributed by atoms with Crippen molar-refractivity contribution in [3.8, 4) is 0 Å². The van der Waals surface area contributed by atoms with Crippen molar-refractivity contribution in [2.45, 2.75) is 13.3 Å². The summed E-state index contributed by atoms with van der Waals surface area (Å²) in [5, 5.41) is 10.9. The lowest BCUT2D eigenvalue weighted by Crippen LogP contribution is -2.42. The molecule has 0 radical (unpaired) electrons. The summed E-state index contributed by atoms with van der Waals surface area (Å²) >= 11 is 4.66. The highest BCUT2D eigenvalue weighted by Crippen LogP contribution is 2.10. The van der Waals surface area contributed by atoms with Crippen molar-refractivity contribution < 1.29 is 14.7 Å². The summed E-state index contributed by atoms with van der Waals surface area (Å²) in [5.41, 5.74) is 0.455. The molecule has 0 saturated heterocycles. The Hall–Kier alpha value is -1.30. The van der Waals surface area contributed by atoms with Crippen molar-refractivity contribution in [1.29, 1.82) is 0 Å². The van der Waals surface area contributed by atoms with E-state index in [4.69, 9.17) is 5.11 Å². The average molecular weight is 200 g/mol. The molecule has 0 aromatic carbocycles. The molecule has 2 N–H and O–H groups in total. The maximum absolute atomic E-state index is 11.2. The van der Waals surface area contributed by atoms with Crippen LogP contribution in [0.15, 0.2) is 4.99 Å². The van der Waals surface area contributed by atoms with Crippen LogP contribution in [0.1, 0.15) is 13.3 Å². The average Bonchev–Trinajstić information content (AvgIpc) is 1.96. The van der Waals surface area contributed by atoms with Crippen LogP contribution in [0.25, 0.3) is 0 Å². The molecule has 0 aromatic rings. The van der Waals surface area contributed by atoms with Gasteiger partial charge < -0.3 is 10.4 Å². The SMILES string of the molecule is CC1=NC(=S)NC(=O)[C@H]1CC(=O)O. The molecule has 0 aliphatic carbocycles. The van der Waals surface area contributed by atoms with E-state index >= 15 is 0 Å². The van der Waals surface area contributed by atoms with E-state index in [9.17, 15) is 9.59 Å². The molecule has 1 atom stereocenters. The van der Waals surface area contributed by atoms with Gasteiger partial charge in [0.1, 0.15) is 0 Å². The number of nitrogens with one attached hydrogen (secondary N) is 1. The maximum Gasteiger partial charge on any atom is 0.304 e. The minimum Gasteiger partial charge on any atom is -0.481 e. The molecule has 5 nitrogen and oxygen atoms in total. The zero-order valence-electron chi connectivity index (χ0n) is 6.90. The van der Waals surface area contributed by atoms with E-state index in [0.717, 1.165) is 0 Å². The summed E-state index contributed by atoms with van der Waals surface area (Å²) in [6, 6.07) is 0. The first kappa shape index (κ1) is 9.79. The van der Waals surface area contributed by atoms with E-state index in [1.54, 1.807) is 6.92 Å². The number of hydrogen-bond acceptors (Lipinski definition) is 3. The normalized spacial score (nSPS) is 22.2. The molecule has 1 amide bonds. The smallest absolute Gasteiger partial charge is 0.304 e. The van der Waals surface area contributed by atoms with Gasteiger partial charge in [0.25, 0.3) is 0 Å². The van der Waals surface area contributed by atoms with Crippen LogP contribution in [0.3, 0.4) is 0 Å². The lowest BCUT2D eigenvalue weighted by Gasteiger charge is -2.18. The summed E-state index contributed by atoms with van der Waals surface area (Å²) in [7, 11) is 0. The van der Waals surface area contributed by atoms with Gasteiger partial charge in [0.15, 0.2) is 5.11 Å². The van der Waals surface area contributed by atoms with Gasteiger partial charge >= 0.3 is 5.97 Å². The van der Waals surface area contributed by atoms with Gasteiger partial charge in [-0.1, -0.05) is 0 Å². The molecular weight excluding hydrogens is 192 g/mol. The summed E-state index contributed by atoms with van der Waals surface area (Å²) < 4.78 is 0. The Labute approximate surface area is 79.8 Å². The van der Waals surface area contributed by atoms with Crippen LogP contribution in [-0.4, -0.2) is 27.8 Å². The minimum atomic E-state index is -1.03. The Balaban J connectivity index is 2.84. The largest absolute Gasteiger partial charge is 0.481 e. The Morgan fingerprint density at radius 1 is 1.77 bits per heavy atom. The molecular formula is C7H8N2O3S. The number of carbonyl (C=O) groups is 2. The molecule has 1 heterocycles. The quantitative estimate of drug-likeness (QED) is 0.613. The molecule has 1 aliphatic rings. The fraction of sp³-hybridized carbons (Fsp3) is 0.429. The molecule has 0 unspecified atom stereocenters. The van der Waals surface area contributed by atoms with Crippen molar-refractivity contribution >= 4 is 34.9 Å². The first-order valence-corrected chi connectivity index (χ1v) is 4.03. The molecule has 13 heavy (non-hydrogen) atoms. The first-order chi connectivity index (χ1) is 6.00.